The van der Waals surface area contributed by atoms with Gasteiger partial charge in [-0.25, -0.2) is 31.6 Å². The number of halogens is 5. The highest BCUT2D eigenvalue weighted by molar-refractivity contribution is 9.10. The quantitative estimate of drug-likeness (QED) is 0.348. The summed E-state index contributed by atoms with van der Waals surface area (Å²) in [7, 11) is -4.00. The first kappa shape index (κ1) is 25.7. The minimum Gasteiger partial charge on any atom is -0.489 e. The Morgan fingerprint density at radius 3 is 2.74 bits per heavy atom. The highest BCUT2D eigenvalue weighted by Crippen LogP contribution is 2.46. The van der Waals surface area contributed by atoms with Gasteiger partial charge in [-0.15, -0.1) is 0 Å². The van der Waals surface area contributed by atoms with Crippen molar-refractivity contribution in [2.24, 2.45) is 0 Å². The second-order valence-corrected chi connectivity index (χ2v) is 11.1. The maximum atomic E-state index is 15.1. The van der Waals surface area contributed by atoms with Gasteiger partial charge in [-0.2, -0.15) is 0 Å². The van der Waals surface area contributed by atoms with Gasteiger partial charge in [-0.1, -0.05) is 11.6 Å². The lowest BCUT2D eigenvalue weighted by Crippen LogP contribution is -2.43. The minimum atomic E-state index is -4.00. The van der Waals surface area contributed by atoms with Crippen LogP contribution in [0.4, 0.5) is 19.0 Å². The second-order valence-electron chi connectivity index (χ2n) is 8.06. The molecule has 2 aliphatic rings. The molecule has 4 rings (SSSR count). The average molecular weight is 589 g/mol. The van der Waals surface area contributed by atoms with E-state index in [1.807, 2.05) is 0 Å². The van der Waals surface area contributed by atoms with Crippen molar-refractivity contribution in [2.75, 3.05) is 37.5 Å². The van der Waals surface area contributed by atoms with E-state index in [-0.39, 0.29) is 52.4 Å². The molecule has 14 heteroatoms. The molecule has 1 fully saturated rings. The Kier molecular flexibility index (Phi) is 7.77. The molecule has 1 saturated heterocycles. The van der Waals surface area contributed by atoms with Crippen molar-refractivity contribution < 1.29 is 35.8 Å². The van der Waals surface area contributed by atoms with E-state index in [1.165, 1.54) is 4.90 Å². The number of benzene rings is 1. The van der Waals surface area contributed by atoms with Gasteiger partial charge in [-0.3, -0.25) is 0 Å². The van der Waals surface area contributed by atoms with Crippen LogP contribution < -0.4 is 9.64 Å². The van der Waals surface area contributed by atoms with Crippen LogP contribution in [0.1, 0.15) is 25.7 Å². The number of hydrogen-bond donors (Lipinski definition) is 0. The molecule has 0 saturated carbocycles. The van der Waals surface area contributed by atoms with Gasteiger partial charge < -0.3 is 19.1 Å². The Morgan fingerprint density at radius 2 is 2.09 bits per heavy atom. The molecule has 1 aromatic carbocycles. The Hall–Kier alpha value is -1.41. The molecule has 8 nitrogen and oxygen atoms in total. The smallest absolute Gasteiger partial charge is 0.255 e. The normalized spacial score (nSPS) is 21.1. The molecule has 2 aliphatic heterocycles. The van der Waals surface area contributed by atoms with Crippen LogP contribution in [0, 0.1) is 5.82 Å². The summed E-state index contributed by atoms with van der Waals surface area (Å²) < 4.78 is 83.8. The van der Waals surface area contributed by atoms with Crippen LogP contribution in [0.5, 0.6) is 5.75 Å². The summed E-state index contributed by atoms with van der Waals surface area (Å²) in [5.41, 5.74) is -0.400. The van der Waals surface area contributed by atoms with Gasteiger partial charge in [0, 0.05) is 12.9 Å². The number of ether oxygens (including phenoxy) is 3. The van der Waals surface area contributed by atoms with Crippen molar-refractivity contribution in [1.29, 1.82) is 0 Å². The summed E-state index contributed by atoms with van der Waals surface area (Å²) in [5, 5.41) is -0.898. The number of aromatic nitrogens is 2. The van der Waals surface area contributed by atoms with Gasteiger partial charge in [0.05, 0.1) is 29.1 Å². The molecule has 0 spiro atoms. The third-order valence-corrected chi connectivity index (χ3v) is 7.76. The third-order valence-electron chi connectivity index (χ3n) is 5.58. The first-order valence-electron chi connectivity index (χ1n) is 10.6. The molecule has 2 aromatic rings. The summed E-state index contributed by atoms with van der Waals surface area (Å²) in [6.07, 6.45) is 0.580. The van der Waals surface area contributed by atoms with Crippen molar-refractivity contribution >= 4 is 54.1 Å². The van der Waals surface area contributed by atoms with Crippen molar-refractivity contribution in [3.63, 3.8) is 0 Å². The van der Waals surface area contributed by atoms with Gasteiger partial charge in [0.15, 0.2) is 17.9 Å². The number of nitrogens with zero attached hydrogens (tertiary/aromatic N) is 3. The van der Waals surface area contributed by atoms with Crippen LogP contribution in [0.2, 0.25) is 5.02 Å². The molecule has 34 heavy (non-hydrogen) atoms. The summed E-state index contributed by atoms with van der Waals surface area (Å²) in [6.45, 7) is -0.124. The molecule has 0 amide bonds. The highest BCUT2D eigenvalue weighted by atomic mass is 79.9. The predicted octanol–water partition coefficient (Wildman–Crippen LogP) is 4.35. The van der Waals surface area contributed by atoms with Crippen LogP contribution >= 0.6 is 27.5 Å². The lowest BCUT2D eigenvalue weighted by Gasteiger charge is -2.31. The van der Waals surface area contributed by atoms with E-state index in [0.29, 0.717) is 6.61 Å². The maximum Gasteiger partial charge on any atom is 0.255 e. The fourth-order valence-corrected chi connectivity index (χ4v) is 5.07. The first-order chi connectivity index (χ1) is 16.1. The molecule has 0 radical (unpaired) electrons. The molecule has 1 aromatic heterocycles. The van der Waals surface area contributed by atoms with Crippen LogP contribution in [0.25, 0.3) is 10.9 Å². The molecule has 0 N–H and O–H groups in total. The van der Waals surface area contributed by atoms with E-state index in [9.17, 15) is 17.2 Å². The van der Waals surface area contributed by atoms with E-state index in [0.717, 1.165) is 25.5 Å². The lowest BCUT2D eigenvalue weighted by atomic mass is 10.1. The average Bonchev–Trinajstić information content (AvgIpc) is 2.93. The molecule has 188 valence electrons. The Balaban J connectivity index is 1.79. The minimum absolute atomic E-state index is 0.0155. The van der Waals surface area contributed by atoms with E-state index in [2.05, 4.69) is 25.9 Å². The van der Waals surface area contributed by atoms with Crippen LogP contribution in [0.15, 0.2) is 9.63 Å². The number of anilines is 1. The zero-order valence-electron chi connectivity index (χ0n) is 18.1. The monoisotopic (exact) mass is 587 g/mol. The number of rotatable bonds is 7. The fourth-order valence-electron chi connectivity index (χ4n) is 3.96. The first-order valence-corrected chi connectivity index (χ1v) is 13.6. The lowest BCUT2D eigenvalue weighted by molar-refractivity contribution is -0.163. The van der Waals surface area contributed by atoms with Gasteiger partial charge >= 0.3 is 0 Å². The van der Waals surface area contributed by atoms with E-state index >= 15 is 4.39 Å². The Morgan fingerprint density at radius 1 is 1.32 bits per heavy atom. The van der Waals surface area contributed by atoms with E-state index < -0.39 is 45.3 Å². The van der Waals surface area contributed by atoms with Crippen molar-refractivity contribution in [3.05, 3.63) is 15.3 Å². The molecule has 0 bridgehead atoms. The van der Waals surface area contributed by atoms with E-state index in [1.54, 1.807) is 0 Å². The summed E-state index contributed by atoms with van der Waals surface area (Å²) in [4.78, 5) is 9.14. The van der Waals surface area contributed by atoms with E-state index in [4.69, 9.17) is 25.8 Å². The molecule has 0 aliphatic carbocycles. The number of hydrogen-bond acceptors (Lipinski definition) is 8. The van der Waals surface area contributed by atoms with Crippen LogP contribution in [0.3, 0.4) is 0 Å². The molecule has 3 heterocycles. The van der Waals surface area contributed by atoms with Crippen molar-refractivity contribution in [2.45, 2.75) is 49.6 Å². The van der Waals surface area contributed by atoms with Crippen molar-refractivity contribution in [1.82, 2.24) is 9.97 Å². The molecule has 2 unspecified atom stereocenters. The van der Waals surface area contributed by atoms with Crippen LogP contribution in [-0.2, 0) is 19.3 Å². The standard InChI is InChI=1S/C20H22BrClF3N3O5S/c1-34(29,30)20-26-17-13-18(15(22)14(21)16(17)25)33-9-10(28(8-11(23)24)19(13)27-20)5-7-32-12-4-2-3-6-31-12/h10-12H,2-9H2,1H3. The SMILES string of the molecule is CS(=O)(=O)c1nc2c3c(c(Cl)c(Br)c(F)c3n1)OCC(CCOC1CCCCO1)N2CC(F)F. The summed E-state index contributed by atoms with van der Waals surface area (Å²) >= 11 is 9.33. The second kappa shape index (κ2) is 10.3. The highest BCUT2D eigenvalue weighted by Gasteiger charge is 2.35. The zero-order chi connectivity index (χ0) is 24.6. The van der Waals surface area contributed by atoms with Gasteiger partial charge in [0.2, 0.25) is 15.0 Å². The largest absolute Gasteiger partial charge is 0.489 e. The molecular weight excluding hydrogens is 567 g/mol. The fraction of sp³-hybridized carbons (Fsp3) is 0.600. The zero-order valence-corrected chi connectivity index (χ0v) is 21.2. The van der Waals surface area contributed by atoms with Gasteiger partial charge in [-0.05, 0) is 41.6 Å². The Labute approximate surface area is 207 Å². The van der Waals surface area contributed by atoms with Gasteiger partial charge in [0.1, 0.15) is 23.0 Å². The number of alkyl halides is 2. The topological polar surface area (TPSA) is 90.9 Å². The third kappa shape index (κ3) is 5.23. The summed E-state index contributed by atoms with van der Waals surface area (Å²) in [5.74, 6) is -1.15. The summed E-state index contributed by atoms with van der Waals surface area (Å²) in [6, 6.07) is -0.701. The van der Waals surface area contributed by atoms with Crippen LogP contribution in [-0.4, -0.2) is 69.8 Å². The maximum absolute atomic E-state index is 15.1. The molecular formula is C20H22BrClF3N3O5S. The predicted molar refractivity (Wildman–Crippen MR) is 122 cm³/mol. The van der Waals surface area contributed by atoms with Gasteiger partial charge in [0.25, 0.3) is 6.43 Å². The molecule has 2 atom stereocenters. The van der Waals surface area contributed by atoms with Crippen molar-refractivity contribution in [3.8, 4) is 5.75 Å². The number of sulfone groups is 1. The Bertz CT molecular complexity index is 1180.